The Morgan fingerprint density at radius 3 is 2.33 bits per heavy atom. The lowest BCUT2D eigenvalue weighted by Gasteiger charge is -2.23. The molecule has 2 nitrogen and oxygen atoms in total. The average Bonchev–Trinajstić information content (AvgIpc) is 2.77. The van der Waals surface area contributed by atoms with Gasteiger partial charge < -0.3 is 10.1 Å². The van der Waals surface area contributed by atoms with Gasteiger partial charge in [-0.15, -0.1) is 0 Å². The van der Waals surface area contributed by atoms with Crippen molar-refractivity contribution in [1.29, 1.82) is 0 Å². The molecule has 1 aromatic carbocycles. The molecule has 116 valence electrons. The summed E-state index contributed by atoms with van der Waals surface area (Å²) in [5.74, 6) is 1.69. The minimum atomic E-state index is 0.726. The molecule has 3 rings (SSSR count). The number of hydrogen-bond donors (Lipinski definition) is 1. The van der Waals surface area contributed by atoms with Gasteiger partial charge in [-0.1, -0.05) is 31.2 Å². The van der Waals surface area contributed by atoms with Crippen LogP contribution in [0.4, 0.5) is 0 Å². The Morgan fingerprint density at radius 2 is 1.71 bits per heavy atom. The summed E-state index contributed by atoms with van der Waals surface area (Å²) in [5.41, 5.74) is 3.20. The molecule has 2 aliphatic carbocycles. The first-order valence-corrected chi connectivity index (χ1v) is 8.76. The molecule has 2 aliphatic rings. The van der Waals surface area contributed by atoms with E-state index >= 15 is 0 Å². The minimum absolute atomic E-state index is 0.726. The van der Waals surface area contributed by atoms with Crippen LogP contribution in [0.2, 0.25) is 0 Å². The van der Waals surface area contributed by atoms with Gasteiger partial charge in [-0.05, 0) is 68.0 Å². The molecule has 0 radical (unpaired) electrons. The Bertz CT molecular complexity index is 412. The summed E-state index contributed by atoms with van der Waals surface area (Å²) in [5, 5.41) is 3.86. The van der Waals surface area contributed by atoms with E-state index in [1.165, 1.54) is 25.7 Å². The van der Waals surface area contributed by atoms with Gasteiger partial charge in [0.2, 0.25) is 0 Å². The van der Waals surface area contributed by atoms with Gasteiger partial charge in [0.15, 0.2) is 0 Å². The Kier molecular flexibility index (Phi) is 5.32. The number of ether oxygens (including phenoxy) is 1. The molecule has 2 heteroatoms. The molecule has 2 bridgehead atoms. The summed E-state index contributed by atoms with van der Waals surface area (Å²) in [4.78, 5) is 0. The Balaban J connectivity index is 1.51. The highest BCUT2D eigenvalue weighted by atomic mass is 16.5. The lowest BCUT2D eigenvalue weighted by Crippen LogP contribution is -2.38. The summed E-state index contributed by atoms with van der Waals surface area (Å²) < 4.78 is 5.58. The molecule has 21 heavy (non-hydrogen) atoms. The maximum atomic E-state index is 5.58. The van der Waals surface area contributed by atoms with Crippen LogP contribution in [0.1, 0.15) is 43.7 Å². The number of benzene rings is 1. The zero-order chi connectivity index (χ0) is 14.5. The van der Waals surface area contributed by atoms with Gasteiger partial charge in [-0.3, -0.25) is 0 Å². The second kappa shape index (κ2) is 7.42. The standard InChI is InChI=1S/C19H29NO/c1-2-11-21-12-5-10-20-19-17-8-9-18(19)14-16-7-4-3-6-15(16)13-17/h3-4,6-7,17-20H,2,5,8-14H2,1H3. The van der Waals surface area contributed by atoms with Crippen LogP contribution in [0.25, 0.3) is 0 Å². The van der Waals surface area contributed by atoms with E-state index in [0.29, 0.717) is 0 Å². The van der Waals surface area contributed by atoms with Crippen LogP contribution in [0.15, 0.2) is 24.3 Å². The van der Waals surface area contributed by atoms with Crippen LogP contribution < -0.4 is 5.32 Å². The van der Waals surface area contributed by atoms with Crippen molar-refractivity contribution in [2.24, 2.45) is 11.8 Å². The molecule has 1 N–H and O–H groups in total. The maximum Gasteiger partial charge on any atom is 0.0478 e. The molecule has 0 aromatic heterocycles. The molecule has 0 amide bonds. The monoisotopic (exact) mass is 287 g/mol. The molecule has 1 aromatic rings. The van der Waals surface area contributed by atoms with Gasteiger partial charge in [0.25, 0.3) is 0 Å². The highest BCUT2D eigenvalue weighted by Gasteiger charge is 2.38. The number of fused-ring (bicyclic) bond motifs is 3. The van der Waals surface area contributed by atoms with Gasteiger partial charge in [0.1, 0.15) is 0 Å². The molecule has 0 spiro atoms. The smallest absolute Gasteiger partial charge is 0.0478 e. The molecular weight excluding hydrogens is 258 g/mol. The lowest BCUT2D eigenvalue weighted by molar-refractivity contribution is 0.130. The van der Waals surface area contributed by atoms with Gasteiger partial charge in [-0.25, -0.2) is 0 Å². The minimum Gasteiger partial charge on any atom is -0.381 e. The predicted molar refractivity (Wildman–Crippen MR) is 87.6 cm³/mol. The normalized spacial score (nSPS) is 27.4. The van der Waals surface area contributed by atoms with E-state index in [0.717, 1.165) is 50.5 Å². The summed E-state index contributed by atoms with van der Waals surface area (Å²) in [7, 11) is 0. The Labute approximate surface area is 129 Å². The van der Waals surface area contributed by atoms with Crippen LogP contribution in [0.5, 0.6) is 0 Å². The summed E-state index contributed by atoms with van der Waals surface area (Å²) >= 11 is 0. The van der Waals surface area contributed by atoms with Gasteiger partial charge >= 0.3 is 0 Å². The Morgan fingerprint density at radius 1 is 1.05 bits per heavy atom. The van der Waals surface area contributed by atoms with Gasteiger partial charge in [0, 0.05) is 19.3 Å². The second-order valence-electron chi connectivity index (χ2n) is 6.72. The van der Waals surface area contributed by atoms with Crippen LogP contribution >= 0.6 is 0 Å². The second-order valence-corrected chi connectivity index (χ2v) is 6.72. The Hall–Kier alpha value is -0.860. The molecule has 1 saturated carbocycles. The van der Waals surface area contributed by atoms with Crippen molar-refractivity contribution >= 4 is 0 Å². The molecule has 0 aliphatic heterocycles. The molecule has 0 saturated heterocycles. The van der Waals surface area contributed by atoms with E-state index in [1.54, 1.807) is 11.1 Å². The van der Waals surface area contributed by atoms with E-state index in [1.807, 2.05) is 0 Å². The van der Waals surface area contributed by atoms with E-state index in [-0.39, 0.29) is 0 Å². The van der Waals surface area contributed by atoms with Crippen LogP contribution in [-0.4, -0.2) is 25.8 Å². The van der Waals surface area contributed by atoms with Gasteiger partial charge in [-0.2, -0.15) is 0 Å². The topological polar surface area (TPSA) is 21.3 Å². The third kappa shape index (κ3) is 3.67. The van der Waals surface area contributed by atoms with Crippen molar-refractivity contribution in [3.05, 3.63) is 35.4 Å². The fraction of sp³-hybridized carbons (Fsp3) is 0.684. The summed E-state index contributed by atoms with van der Waals surface area (Å²) in [6.07, 6.45) is 7.63. The maximum absolute atomic E-state index is 5.58. The fourth-order valence-corrected chi connectivity index (χ4v) is 4.17. The molecule has 1 fully saturated rings. The molecule has 2 unspecified atom stereocenters. The first-order valence-electron chi connectivity index (χ1n) is 8.76. The zero-order valence-electron chi connectivity index (χ0n) is 13.3. The molecular formula is C19H29NO. The van der Waals surface area contributed by atoms with Crippen molar-refractivity contribution in [3.8, 4) is 0 Å². The third-order valence-corrected chi connectivity index (χ3v) is 5.20. The summed E-state index contributed by atoms with van der Waals surface area (Å²) in [6, 6.07) is 9.80. The van der Waals surface area contributed by atoms with Crippen molar-refractivity contribution in [2.45, 2.75) is 51.5 Å². The number of hydrogen-bond acceptors (Lipinski definition) is 2. The van der Waals surface area contributed by atoms with Crippen molar-refractivity contribution in [1.82, 2.24) is 5.32 Å². The van der Waals surface area contributed by atoms with Crippen molar-refractivity contribution in [3.63, 3.8) is 0 Å². The number of rotatable bonds is 7. The number of nitrogens with one attached hydrogen (secondary N) is 1. The quantitative estimate of drug-likeness (QED) is 0.774. The van der Waals surface area contributed by atoms with Crippen LogP contribution in [0, 0.1) is 11.8 Å². The SMILES string of the molecule is CCCOCCCNC1C2CCC1Cc1ccccc1C2. The highest BCUT2D eigenvalue weighted by molar-refractivity contribution is 5.30. The summed E-state index contributed by atoms with van der Waals surface area (Å²) in [6.45, 7) is 5.09. The third-order valence-electron chi connectivity index (χ3n) is 5.20. The molecule has 0 heterocycles. The molecule has 2 atom stereocenters. The zero-order valence-corrected chi connectivity index (χ0v) is 13.3. The first-order chi connectivity index (χ1) is 10.4. The van der Waals surface area contributed by atoms with Crippen molar-refractivity contribution in [2.75, 3.05) is 19.8 Å². The fourth-order valence-electron chi connectivity index (χ4n) is 4.17. The highest BCUT2D eigenvalue weighted by Crippen LogP contribution is 2.39. The van der Waals surface area contributed by atoms with Crippen molar-refractivity contribution < 1.29 is 4.74 Å². The largest absolute Gasteiger partial charge is 0.381 e. The van der Waals surface area contributed by atoms with E-state index < -0.39 is 0 Å². The lowest BCUT2D eigenvalue weighted by atomic mass is 9.94. The van der Waals surface area contributed by atoms with Crippen LogP contribution in [0.3, 0.4) is 0 Å². The van der Waals surface area contributed by atoms with E-state index in [9.17, 15) is 0 Å². The average molecular weight is 287 g/mol. The van der Waals surface area contributed by atoms with E-state index in [4.69, 9.17) is 4.74 Å². The van der Waals surface area contributed by atoms with Crippen LogP contribution in [-0.2, 0) is 17.6 Å². The van der Waals surface area contributed by atoms with Gasteiger partial charge in [0.05, 0.1) is 0 Å². The van der Waals surface area contributed by atoms with E-state index in [2.05, 4.69) is 36.5 Å². The first kappa shape index (κ1) is 15.1. The predicted octanol–water partition coefficient (Wildman–Crippen LogP) is 3.59.